The molecule has 0 aromatic rings. The second-order valence-electron chi connectivity index (χ2n) is 6.54. The zero-order valence-electron chi connectivity index (χ0n) is 12.5. The van der Waals surface area contributed by atoms with Gasteiger partial charge in [0.2, 0.25) is 5.91 Å². The third-order valence-electron chi connectivity index (χ3n) is 4.48. The average Bonchev–Trinajstić information content (AvgIpc) is 2.91. The lowest BCUT2D eigenvalue weighted by Gasteiger charge is -2.37. The smallest absolute Gasteiger partial charge is 0.239 e. The molecule has 2 rings (SSSR count). The van der Waals surface area contributed by atoms with Crippen LogP contribution in [0.2, 0.25) is 0 Å². The van der Waals surface area contributed by atoms with Gasteiger partial charge in [-0.25, -0.2) is 0 Å². The predicted octanol–water partition coefficient (Wildman–Crippen LogP) is 1.45. The Morgan fingerprint density at radius 2 is 1.74 bits per heavy atom. The molecule has 19 heavy (non-hydrogen) atoms. The Kier molecular flexibility index (Phi) is 5.22. The Labute approximate surface area is 117 Å². The number of likely N-dealkylation sites (tertiary alicyclic amines) is 2. The van der Waals surface area contributed by atoms with E-state index in [-0.39, 0.29) is 11.9 Å². The summed E-state index contributed by atoms with van der Waals surface area (Å²) >= 11 is 0. The van der Waals surface area contributed by atoms with E-state index in [1.807, 2.05) is 4.90 Å². The average molecular weight is 267 g/mol. The molecule has 2 aliphatic heterocycles. The first kappa shape index (κ1) is 14.8. The lowest BCUT2D eigenvalue weighted by Crippen LogP contribution is -2.50. The van der Waals surface area contributed by atoms with E-state index in [0.29, 0.717) is 12.0 Å². The molecule has 0 radical (unpaired) electrons. The molecule has 2 saturated heterocycles. The third kappa shape index (κ3) is 3.93. The van der Waals surface area contributed by atoms with Gasteiger partial charge in [0.05, 0.1) is 6.04 Å². The molecule has 0 aromatic carbocycles. The summed E-state index contributed by atoms with van der Waals surface area (Å²) in [6.07, 6.45) is 5.74. The van der Waals surface area contributed by atoms with Gasteiger partial charge in [-0.2, -0.15) is 0 Å². The Morgan fingerprint density at radius 3 is 2.26 bits per heavy atom. The maximum Gasteiger partial charge on any atom is 0.239 e. The van der Waals surface area contributed by atoms with Crippen LogP contribution in [-0.4, -0.2) is 54.0 Å². The summed E-state index contributed by atoms with van der Waals surface area (Å²) in [6.45, 7) is 8.54. The van der Waals surface area contributed by atoms with E-state index in [0.717, 1.165) is 32.4 Å². The summed E-state index contributed by atoms with van der Waals surface area (Å²) in [5.41, 5.74) is 6.00. The van der Waals surface area contributed by atoms with Crippen molar-refractivity contribution < 1.29 is 4.79 Å². The summed E-state index contributed by atoms with van der Waals surface area (Å²) in [5, 5.41) is 0. The van der Waals surface area contributed by atoms with Gasteiger partial charge in [-0.15, -0.1) is 0 Å². The van der Waals surface area contributed by atoms with Gasteiger partial charge in [-0.1, -0.05) is 13.8 Å². The predicted molar refractivity (Wildman–Crippen MR) is 77.8 cm³/mol. The van der Waals surface area contributed by atoms with Crippen LogP contribution in [0.25, 0.3) is 0 Å². The number of amides is 1. The number of rotatable bonds is 4. The fourth-order valence-corrected chi connectivity index (χ4v) is 3.40. The minimum absolute atomic E-state index is 0.161. The van der Waals surface area contributed by atoms with Gasteiger partial charge < -0.3 is 15.5 Å². The van der Waals surface area contributed by atoms with Crippen LogP contribution in [0.1, 0.15) is 46.0 Å². The molecule has 1 amide bonds. The number of piperidine rings is 1. The Bertz CT molecular complexity index is 292. The molecule has 0 spiro atoms. The third-order valence-corrected chi connectivity index (χ3v) is 4.48. The van der Waals surface area contributed by atoms with Crippen LogP contribution in [0.15, 0.2) is 0 Å². The molecule has 0 saturated carbocycles. The standard InChI is InChI=1S/C15H29N3O/c1-12(2)11-14(16)15(19)18-9-5-13(6-10-18)17-7-3-4-8-17/h12-14H,3-11,16H2,1-2H3. The fraction of sp³-hybridized carbons (Fsp3) is 0.933. The SMILES string of the molecule is CC(C)CC(N)C(=O)N1CCC(N2CCCC2)CC1. The van der Waals surface area contributed by atoms with Gasteiger partial charge in [-0.3, -0.25) is 4.79 Å². The number of carbonyl (C=O) groups excluding carboxylic acids is 1. The summed E-state index contributed by atoms with van der Waals surface area (Å²) in [6, 6.07) is 0.399. The largest absolute Gasteiger partial charge is 0.341 e. The van der Waals surface area contributed by atoms with Crippen molar-refractivity contribution in [1.29, 1.82) is 0 Å². The molecule has 110 valence electrons. The first-order chi connectivity index (χ1) is 9.08. The van der Waals surface area contributed by atoms with Gasteiger partial charge in [0.15, 0.2) is 0 Å². The Hall–Kier alpha value is -0.610. The van der Waals surface area contributed by atoms with Crippen molar-refractivity contribution in [3.05, 3.63) is 0 Å². The van der Waals surface area contributed by atoms with Crippen LogP contribution in [0.3, 0.4) is 0 Å². The van der Waals surface area contributed by atoms with Crippen LogP contribution < -0.4 is 5.73 Å². The second kappa shape index (κ2) is 6.71. The maximum absolute atomic E-state index is 12.2. The molecular formula is C15H29N3O. The quantitative estimate of drug-likeness (QED) is 0.838. The fourth-order valence-electron chi connectivity index (χ4n) is 3.40. The van der Waals surface area contributed by atoms with Crippen LogP contribution in [0, 0.1) is 5.92 Å². The molecule has 4 heteroatoms. The molecule has 0 bridgehead atoms. The molecule has 0 aromatic heterocycles. The number of nitrogens with zero attached hydrogens (tertiary/aromatic N) is 2. The second-order valence-corrected chi connectivity index (χ2v) is 6.54. The molecule has 0 aliphatic carbocycles. The van der Waals surface area contributed by atoms with Crippen LogP contribution in [-0.2, 0) is 4.79 Å². The van der Waals surface area contributed by atoms with E-state index in [1.165, 1.54) is 25.9 Å². The highest BCUT2D eigenvalue weighted by Gasteiger charge is 2.30. The summed E-state index contributed by atoms with van der Waals surface area (Å²) < 4.78 is 0. The highest BCUT2D eigenvalue weighted by atomic mass is 16.2. The first-order valence-electron chi connectivity index (χ1n) is 7.86. The minimum atomic E-state index is -0.302. The van der Waals surface area contributed by atoms with Crippen molar-refractivity contribution in [3.63, 3.8) is 0 Å². The lowest BCUT2D eigenvalue weighted by molar-refractivity contribution is -0.134. The molecule has 2 heterocycles. The van der Waals surface area contributed by atoms with Crippen molar-refractivity contribution in [2.45, 2.75) is 58.0 Å². The molecule has 2 aliphatic rings. The van der Waals surface area contributed by atoms with E-state index in [4.69, 9.17) is 5.73 Å². The van der Waals surface area contributed by atoms with Crippen LogP contribution in [0.4, 0.5) is 0 Å². The van der Waals surface area contributed by atoms with Crippen molar-refractivity contribution in [2.24, 2.45) is 11.7 Å². The van der Waals surface area contributed by atoms with E-state index < -0.39 is 0 Å². The first-order valence-corrected chi connectivity index (χ1v) is 7.86. The number of hydrogen-bond acceptors (Lipinski definition) is 3. The molecule has 1 atom stereocenters. The molecular weight excluding hydrogens is 238 g/mol. The molecule has 1 unspecified atom stereocenters. The summed E-state index contributed by atoms with van der Waals surface area (Å²) in [4.78, 5) is 16.8. The van der Waals surface area contributed by atoms with Gasteiger partial charge >= 0.3 is 0 Å². The number of carbonyl (C=O) groups is 1. The molecule has 4 nitrogen and oxygen atoms in total. The van der Waals surface area contributed by atoms with E-state index in [1.54, 1.807) is 0 Å². The molecule has 2 fully saturated rings. The Balaban J connectivity index is 1.77. The minimum Gasteiger partial charge on any atom is -0.341 e. The van der Waals surface area contributed by atoms with Crippen molar-refractivity contribution in [1.82, 2.24) is 9.80 Å². The van der Waals surface area contributed by atoms with Gasteiger partial charge in [0, 0.05) is 19.1 Å². The highest BCUT2D eigenvalue weighted by molar-refractivity contribution is 5.81. The van der Waals surface area contributed by atoms with Crippen LogP contribution >= 0.6 is 0 Å². The van der Waals surface area contributed by atoms with Gasteiger partial charge in [0.1, 0.15) is 0 Å². The monoisotopic (exact) mass is 267 g/mol. The van der Waals surface area contributed by atoms with E-state index >= 15 is 0 Å². The van der Waals surface area contributed by atoms with E-state index in [9.17, 15) is 4.79 Å². The maximum atomic E-state index is 12.2. The van der Waals surface area contributed by atoms with Gasteiger partial charge in [0.25, 0.3) is 0 Å². The van der Waals surface area contributed by atoms with Gasteiger partial charge in [-0.05, 0) is 51.1 Å². The molecule has 2 N–H and O–H groups in total. The highest BCUT2D eigenvalue weighted by Crippen LogP contribution is 2.21. The zero-order valence-corrected chi connectivity index (χ0v) is 12.5. The summed E-state index contributed by atoms with van der Waals surface area (Å²) in [7, 11) is 0. The number of hydrogen-bond donors (Lipinski definition) is 1. The number of nitrogens with two attached hydrogens (primary N) is 1. The van der Waals surface area contributed by atoms with E-state index in [2.05, 4.69) is 18.7 Å². The summed E-state index contributed by atoms with van der Waals surface area (Å²) in [5.74, 6) is 0.648. The zero-order chi connectivity index (χ0) is 13.8. The Morgan fingerprint density at radius 1 is 1.16 bits per heavy atom. The van der Waals surface area contributed by atoms with Crippen molar-refractivity contribution in [3.8, 4) is 0 Å². The van der Waals surface area contributed by atoms with Crippen molar-refractivity contribution >= 4 is 5.91 Å². The van der Waals surface area contributed by atoms with Crippen LogP contribution in [0.5, 0.6) is 0 Å². The topological polar surface area (TPSA) is 49.6 Å². The normalized spacial score (nSPS) is 24.1. The lowest BCUT2D eigenvalue weighted by atomic mass is 10.00. The van der Waals surface area contributed by atoms with Crippen molar-refractivity contribution in [2.75, 3.05) is 26.2 Å².